The number of hydrogen-bond donors (Lipinski definition) is 3. The molecule has 208 valence electrons. The standard InChI is InChI=1S/C27H38ClN5O5/c1-26(2,3)37-20(34)15-14-19(24(36)38-27(4,5)6)31-23(35)17-12-10-16(11-13-17)8-7-9-18-21(28)32-25(30)33-22(18)29/h10-13,19H,7-9,14-15H2,1-6H3,(H,31,35)(H4,29,30,32,33)/t19-/m0/s1. The Morgan fingerprint density at radius 1 is 0.947 bits per heavy atom. The fourth-order valence-corrected chi connectivity index (χ4v) is 3.81. The molecule has 0 bridgehead atoms. The minimum absolute atomic E-state index is 0.0314. The number of esters is 2. The van der Waals surface area contributed by atoms with E-state index in [2.05, 4.69) is 15.3 Å². The average molecular weight is 548 g/mol. The van der Waals surface area contributed by atoms with Gasteiger partial charge in [0.1, 0.15) is 28.2 Å². The maximum absolute atomic E-state index is 12.9. The van der Waals surface area contributed by atoms with Gasteiger partial charge in [-0.3, -0.25) is 9.59 Å². The molecule has 5 N–H and O–H groups in total. The molecule has 1 aromatic carbocycles. The number of benzene rings is 1. The number of anilines is 2. The second-order valence-corrected chi connectivity index (χ2v) is 11.3. The lowest BCUT2D eigenvalue weighted by Gasteiger charge is -2.25. The molecule has 0 saturated heterocycles. The van der Waals surface area contributed by atoms with Crippen molar-refractivity contribution in [1.29, 1.82) is 0 Å². The van der Waals surface area contributed by atoms with Crippen LogP contribution in [0.5, 0.6) is 0 Å². The van der Waals surface area contributed by atoms with Gasteiger partial charge in [-0.2, -0.15) is 4.98 Å². The number of nitrogen functional groups attached to an aromatic ring is 2. The molecule has 0 aliphatic carbocycles. The third-order valence-corrected chi connectivity index (χ3v) is 5.48. The van der Waals surface area contributed by atoms with Crippen molar-refractivity contribution in [2.45, 2.75) is 90.9 Å². The molecule has 0 aliphatic heterocycles. The summed E-state index contributed by atoms with van der Waals surface area (Å²) in [6.07, 6.45) is 2.01. The number of nitrogens with two attached hydrogens (primary N) is 2. The SMILES string of the molecule is CC(C)(C)OC(=O)CC[C@H](NC(=O)c1ccc(CCCc2c(N)nc(N)nc2Cl)cc1)C(=O)OC(C)(C)C. The van der Waals surface area contributed by atoms with E-state index in [1.807, 2.05) is 12.1 Å². The van der Waals surface area contributed by atoms with E-state index in [9.17, 15) is 14.4 Å². The van der Waals surface area contributed by atoms with Crippen LogP contribution < -0.4 is 16.8 Å². The molecular formula is C27H38ClN5O5. The average Bonchev–Trinajstić information content (AvgIpc) is 2.76. The van der Waals surface area contributed by atoms with E-state index in [0.29, 0.717) is 24.0 Å². The molecular weight excluding hydrogens is 510 g/mol. The van der Waals surface area contributed by atoms with Crippen molar-refractivity contribution in [1.82, 2.24) is 15.3 Å². The lowest BCUT2D eigenvalue weighted by molar-refractivity contribution is -0.158. The van der Waals surface area contributed by atoms with Crippen LogP contribution in [-0.2, 0) is 31.9 Å². The zero-order valence-electron chi connectivity index (χ0n) is 22.9. The highest BCUT2D eigenvalue weighted by Gasteiger charge is 2.28. The predicted molar refractivity (Wildman–Crippen MR) is 147 cm³/mol. The summed E-state index contributed by atoms with van der Waals surface area (Å²) in [5.41, 5.74) is 12.1. The molecule has 1 heterocycles. The molecule has 0 fully saturated rings. The topological polar surface area (TPSA) is 160 Å². The van der Waals surface area contributed by atoms with Gasteiger partial charge in [-0.05, 0) is 84.9 Å². The molecule has 0 radical (unpaired) electrons. The first-order valence-corrected chi connectivity index (χ1v) is 12.8. The van der Waals surface area contributed by atoms with E-state index in [-0.39, 0.29) is 29.8 Å². The highest BCUT2D eigenvalue weighted by Crippen LogP contribution is 2.22. The fraction of sp³-hybridized carbons (Fsp3) is 0.519. The molecule has 1 atom stereocenters. The van der Waals surface area contributed by atoms with E-state index in [0.717, 1.165) is 12.0 Å². The van der Waals surface area contributed by atoms with Crippen LogP contribution in [0.25, 0.3) is 0 Å². The number of nitrogens with zero attached hydrogens (tertiary/aromatic N) is 2. The Bertz CT molecular complexity index is 1120. The number of carbonyl (C=O) groups is 3. The number of ether oxygens (including phenoxy) is 2. The number of nitrogens with one attached hydrogen (secondary N) is 1. The molecule has 10 nitrogen and oxygen atoms in total. The lowest BCUT2D eigenvalue weighted by Crippen LogP contribution is -2.44. The van der Waals surface area contributed by atoms with Gasteiger partial charge < -0.3 is 26.3 Å². The quantitative estimate of drug-likeness (QED) is 0.294. The molecule has 2 aromatic rings. The number of rotatable bonds is 10. The molecule has 1 amide bonds. The summed E-state index contributed by atoms with van der Waals surface area (Å²) in [6, 6.07) is 6.02. The second kappa shape index (κ2) is 12.9. The zero-order chi connectivity index (χ0) is 28.7. The van der Waals surface area contributed by atoms with Gasteiger partial charge in [0.05, 0.1) is 0 Å². The number of carbonyl (C=O) groups excluding carboxylic acids is 3. The highest BCUT2D eigenvalue weighted by atomic mass is 35.5. The monoisotopic (exact) mass is 547 g/mol. The Morgan fingerprint density at radius 2 is 1.55 bits per heavy atom. The number of aromatic nitrogens is 2. The van der Waals surface area contributed by atoms with Crippen LogP contribution in [0.4, 0.5) is 11.8 Å². The summed E-state index contributed by atoms with van der Waals surface area (Å²) in [4.78, 5) is 45.7. The van der Waals surface area contributed by atoms with Crippen LogP contribution in [0, 0.1) is 0 Å². The van der Waals surface area contributed by atoms with Crippen LogP contribution >= 0.6 is 11.6 Å². The molecule has 1 aromatic heterocycles. The van der Waals surface area contributed by atoms with Crippen molar-refractivity contribution in [2.24, 2.45) is 0 Å². The predicted octanol–water partition coefficient (Wildman–Crippen LogP) is 4.03. The fourth-order valence-electron chi connectivity index (χ4n) is 3.53. The third kappa shape index (κ3) is 10.5. The van der Waals surface area contributed by atoms with Crippen molar-refractivity contribution in [3.8, 4) is 0 Å². The maximum Gasteiger partial charge on any atom is 0.329 e. The number of aryl methyl sites for hydroxylation is 1. The molecule has 0 aliphatic rings. The second-order valence-electron chi connectivity index (χ2n) is 11.0. The molecule has 11 heteroatoms. The summed E-state index contributed by atoms with van der Waals surface area (Å²) in [7, 11) is 0. The van der Waals surface area contributed by atoms with Crippen molar-refractivity contribution in [3.05, 3.63) is 46.1 Å². The Labute approximate surface area is 228 Å². The Balaban J connectivity index is 2.00. The van der Waals surface area contributed by atoms with Gasteiger partial charge in [-0.25, -0.2) is 9.78 Å². The molecule has 0 saturated carbocycles. The maximum atomic E-state index is 12.9. The van der Waals surface area contributed by atoms with E-state index < -0.39 is 35.1 Å². The van der Waals surface area contributed by atoms with E-state index in [1.165, 1.54) is 0 Å². The van der Waals surface area contributed by atoms with Crippen LogP contribution in [0.3, 0.4) is 0 Å². The van der Waals surface area contributed by atoms with Crippen molar-refractivity contribution in [3.63, 3.8) is 0 Å². The van der Waals surface area contributed by atoms with Crippen LogP contribution in [0.15, 0.2) is 24.3 Å². The Hall–Kier alpha value is -3.40. The number of hydrogen-bond acceptors (Lipinski definition) is 9. The normalized spacial score (nSPS) is 12.5. The van der Waals surface area contributed by atoms with Gasteiger partial charge in [-0.15, -0.1) is 0 Å². The first-order chi connectivity index (χ1) is 17.5. The van der Waals surface area contributed by atoms with Gasteiger partial charge in [-0.1, -0.05) is 23.7 Å². The number of halogens is 1. The smallest absolute Gasteiger partial charge is 0.329 e. The summed E-state index contributed by atoms with van der Waals surface area (Å²) >= 11 is 6.12. The molecule has 0 spiro atoms. The van der Waals surface area contributed by atoms with Gasteiger partial charge in [0.15, 0.2) is 0 Å². The first kappa shape index (κ1) is 30.8. The molecule has 38 heavy (non-hydrogen) atoms. The lowest BCUT2D eigenvalue weighted by atomic mass is 10.0. The minimum atomic E-state index is -1.01. The summed E-state index contributed by atoms with van der Waals surface area (Å²) in [5.74, 6) is -1.23. The summed E-state index contributed by atoms with van der Waals surface area (Å²) in [5, 5.41) is 2.94. The first-order valence-electron chi connectivity index (χ1n) is 12.5. The zero-order valence-corrected chi connectivity index (χ0v) is 23.6. The number of amides is 1. The van der Waals surface area contributed by atoms with Crippen molar-refractivity contribution >= 4 is 41.2 Å². The summed E-state index contributed by atoms with van der Waals surface area (Å²) < 4.78 is 10.8. The van der Waals surface area contributed by atoms with Crippen LogP contribution in [0.2, 0.25) is 5.15 Å². The highest BCUT2D eigenvalue weighted by molar-refractivity contribution is 6.30. The van der Waals surface area contributed by atoms with Crippen LogP contribution in [-0.4, -0.2) is 45.1 Å². The van der Waals surface area contributed by atoms with E-state index in [1.54, 1.807) is 53.7 Å². The molecule has 0 unspecified atom stereocenters. The minimum Gasteiger partial charge on any atom is -0.460 e. The van der Waals surface area contributed by atoms with E-state index in [4.69, 9.17) is 32.5 Å². The van der Waals surface area contributed by atoms with Gasteiger partial charge in [0, 0.05) is 17.5 Å². The van der Waals surface area contributed by atoms with Gasteiger partial charge in [0.2, 0.25) is 5.95 Å². The Kier molecular flexibility index (Phi) is 10.5. The molecule has 2 rings (SSSR count). The van der Waals surface area contributed by atoms with Gasteiger partial charge in [0.25, 0.3) is 5.91 Å². The summed E-state index contributed by atoms with van der Waals surface area (Å²) in [6.45, 7) is 10.5. The van der Waals surface area contributed by atoms with Crippen LogP contribution in [0.1, 0.15) is 82.3 Å². The van der Waals surface area contributed by atoms with Crippen molar-refractivity contribution in [2.75, 3.05) is 11.5 Å². The largest absolute Gasteiger partial charge is 0.460 e. The van der Waals surface area contributed by atoms with Gasteiger partial charge >= 0.3 is 11.9 Å². The van der Waals surface area contributed by atoms with E-state index >= 15 is 0 Å². The van der Waals surface area contributed by atoms with Crippen molar-refractivity contribution < 1.29 is 23.9 Å². The Morgan fingerprint density at radius 3 is 2.11 bits per heavy atom. The third-order valence-electron chi connectivity index (χ3n) is 5.17.